The van der Waals surface area contributed by atoms with Crippen molar-refractivity contribution in [1.82, 2.24) is 4.72 Å². The number of nitrogens with one attached hydrogen (secondary N) is 1. The summed E-state index contributed by atoms with van der Waals surface area (Å²) >= 11 is 3.35. The number of hydrogen-bond donors (Lipinski definition) is 1. The van der Waals surface area contributed by atoms with Gasteiger partial charge < -0.3 is 4.74 Å². The van der Waals surface area contributed by atoms with Crippen LogP contribution in [0.1, 0.15) is 5.56 Å². The molecule has 0 saturated heterocycles. The van der Waals surface area contributed by atoms with Gasteiger partial charge in [0.2, 0.25) is 10.0 Å². The predicted molar refractivity (Wildman–Crippen MR) is 99.8 cm³/mol. The van der Waals surface area contributed by atoms with Gasteiger partial charge in [-0.05, 0) is 29.8 Å². The molecule has 0 spiro atoms. The maximum atomic E-state index is 11.8. The van der Waals surface area contributed by atoms with Crippen molar-refractivity contribution >= 4 is 32.0 Å². The van der Waals surface area contributed by atoms with Gasteiger partial charge in [0.1, 0.15) is 12.4 Å². The Bertz CT molecular complexity index is 853. The van der Waals surface area contributed by atoms with E-state index in [0.717, 1.165) is 15.4 Å². The van der Waals surface area contributed by atoms with Crippen LogP contribution in [0.4, 0.5) is 0 Å². The fraction of sp³-hybridized carbons (Fsp3) is 0.111. The van der Waals surface area contributed by atoms with E-state index in [4.69, 9.17) is 4.74 Å². The fourth-order valence-electron chi connectivity index (χ4n) is 1.71. The average Bonchev–Trinajstić information content (AvgIpc) is 2.57. The number of halogens is 1. The Morgan fingerprint density at radius 1 is 1.08 bits per heavy atom. The molecule has 2 rings (SSSR count). The minimum absolute atomic E-state index is 0.0311. The maximum Gasteiger partial charge on any atom is 0.234 e. The molecule has 6 heteroatoms. The molecule has 2 aromatic rings. The Balaban J connectivity index is 1.76. The van der Waals surface area contributed by atoms with Gasteiger partial charge in [0.25, 0.3) is 0 Å². The molecule has 0 aliphatic heterocycles. The molecule has 0 unspecified atom stereocenters. The van der Waals surface area contributed by atoms with Gasteiger partial charge in [-0.15, -0.1) is 0 Å². The molecular formula is C18H16BrNO3S. The Kier molecular flexibility index (Phi) is 7.07. The highest BCUT2D eigenvalue weighted by atomic mass is 79.9. The van der Waals surface area contributed by atoms with Gasteiger partial charge in [-0.25, -0.2) is 8.42 Å². The van der Waals surface area contributed by atoms with Crippen LogP contribution in [0.2, 0.25) is 0 Å². The summed E-state index contributed by atoms with van der Waals surface area (Å²) in [4.78, 5) is 0. The van der Waals surface area contributed by atoms with Crippen molar-refractivity contribution < 1.29 is 13.2 Å². The lowest BCUT2D eigenvalue weighted by Gasteiger charge is -2.01. The highest BCUT2D eigenvalue weighted by Gasteiger charge is 2.02. The molecule has 0 bridgehead atoms. The van der Waals surface area contributed by atoms with Crippen molar-refractivity contribution in [3.63, 3.8) is 0 Å². The monoisotopic (exact) mass is 405 g/mol. The quantitative estimate of drug-likeness (QED) is 0.748. The summed E-state index contributed by atoms with van der Waals surface area (Å²) in [5.74, 6) is 6.17. The molecule has 0 saturated carbocycles. The third-order valence-electron chi connectivity index (χ3n) is 2.83. The first-order valence-corrected chi connectivity index (χ1v) is 9.46. The smallest absolute Gasteiger partial charge is 0.234 e. The Hall–Kier alpha value is -2.07. The molecule has 0 heterocycles. The SMILES string of the molecule is O=S(=O)(/C=C/c1ccccc1)NCC#CCOc1cccc(Br)c1. The molecule has 0 fully saturated rings. The summed E-state index contributed by atoms with van der Waals surface area (Å²) < 4.78 is 32.3. The van der Waals surface area contributed by atoms with E-state index < -0.39 is 10.0 Å². The molecule has 24 heavy (non-hydrogen) atoms. The van der Waals surface area contributed by atoms with Crippen molar-refractivity contribution in [2.75, 3.05) is 13.2 Å². The second-order valence-electron chi connectivity index (χ2n) is 4.68. The van der Waals surface area contributed by atoms with Crippen LogP contribution in [-0.4, -0.2) is 21.6 Å². The number of sulfonamides is 1. The summed E-state index contributed by atoms with van der Waals surface area (Å²) in [6.45, 7) is 0.224. The van der Waals surface area contributed by atoms with Gasteiger partial charge in [0, 0.05) is 9.88 Å². The van der Waals surface area contributed by atoms with Gasteiger partial charge in [-0.1, -0.05) is 64.2 Å². The minimum atomic E-state index is -3.50. The van der Waals surface area contributed by atoms with Gasteiger partial charge in [0.05, 0.1) is 6.54 Å². The van der Waals surface area contributed by atoms with E-state index in [1.807, 2.05) is 54.6 Å². The van der Waals surface area contributed by atoms with Gasteiger partial charge in [-0.3, -0.25) is 0 Å². The van der Waals surface area contributed by atoms with Crippen LogP contribution in [0.25, 0.3) is 6.08 Å². The molecule has 0 amide bonds. The third-order valence-corrected chi connectivity index (χ3v) is 4.37. The number of hydrogen-bond acceptors (Lipinski definition) is 3. The number of ether oxygens (including phenoxy) is 1. The number of rotatable bonds is 6. The first-order valence-electron chi connectivity index (χ1n) is 7.12. The lowest BCUT2D eigenvalue weighted by atomic mass is 10.2. The third kappa shape index (κ3) is 7.01. The van der Waals surface area contributed by atoms with Crippen LogP contribution in [0.5, 0.6) is 5.75 Å². The van der Waals surface area contributed by atoms with Crippen LogP contribution < -0.4 is 9.46 Å². The minimum Gasteiger partial charge on any atom is -0.481 e. The highest BCUT2D eigenvalue weighted by Crippen LogP contribution is 2.17. The maximum absolute atomic E-state index is 11.8. The normalized spacial score (nSPS) is 11.0. The molecule has 4 nitrogen and oxygen atoms in total. The molecular weight excluding hydrogens is 390 g/mol. The summed E-state index contributed by atoms with van der Waals surface area (Å²) in [5, 5.41) is 1.13. The molecule has 0 aliphatic carbocycles. The molecule has 0 aliphatic rings. The first kappa shape index (κ1) is 18.3. The van der Waals surface area contributed by atoms with Crippen molar-refractivity contribution in [1.29, 1.82) is 0 Å². The van der Waals surface area contributed by atoms with Crippen LogP contribution in [-0.2, 0) is 10.0 Å². The van der Waals surface area contributed by atoms with E-state index in [1.165, 1.54) is 6.08 Å². The molecule has 0 radical (unpaired) electrons. The Morgan fingerprint density at radius 3 is 2.62 bits per heavy atom. The predicted octanol–water partition coefficient (Wildman–Crippen LogP) is 3.42. The summed E-state index contributed by atoms with van der Waals surface area (Å²) in [6.07, 6.45) is 1.53. The Morgan fingerprint density at radius 2 is 1.88 bits per heavy atom. The van der Waals surface area contributed by atoms with Crippen LogP contribution in [0.15, 0.2) is 64.5 Å². The van der Waals surface area contributed by atoms with E-state index in [-0.39, 0.29) is 13.2 Å². The van der Waals surface area contributed by atoms with Gasteiger partial charge in [-0.2, -0.15) is 4.72 Å². The van der Waals surface area contributed by atoms with Gasteiger partial charge in [0.15, 0.2) is 0 Å². The zero-order valence-electron chi connectivity index (χ0n) is 12.8. The topological polar surface area (TPSA) is 55.4 Å². The second-order valence-corrected chi connectivity index (χ2v) is 7.25. The fourth-order valence-corrected chi connectivity index (χ4v) is 2.79. The molecule has 124 valence electrons. The molecule has 2 aromatic carbocycles. The summed E-state index contributed by atoms with van der Waals surface area (Å²) in [6, 6.07) is 16.6. The lowest BCUT2D eigenvalue weighted by molar-refractivity contribution is 0.370. The second kappa shape index (κ2) is 9.28. The van der Waals surface area contributed by atoms with E-state index in [9.17, 15) is 8.42 Å². The molecule has 0 atom stereocenters. The van der Waals surface area contributed by atoms with Crippen molar-refractivity contribution in [3.05, 3.63) is 70.0 Å². The molecule has 0 aromatic heterocycles. The standard InChI is InChI=1S/C18H16BrNO3S/c19-17-9-6-10-18(15-17)23-13-5-4-12-20-24(21,22)14-11-16-7-2-1-3-8-16/h1-3,6-11,14-15,20H,12-13H2/b14-11+. The van der Waals surface area contributed by atoms with E-state index in [2.05, 4.69) is 32.5 Å². The van der Waals surface area contributed by atoms with Crippen LogP contribution >= 0.6 is 15.9 Å². The van der Waals surface area contributed by atoms with Crippen molar-refractivity contribution in [3.8, 4) is 17.6 Å². The summed E-state index contributed by atoms with van der Waals surface area (Å²) in [7, 11) is -3.50. The molecule has 1 N–H and O–H groups in total. The van der Waals surface area contributed by atoms with Crippen LogP contribution in [0.3, 0.4) is 0 Å². The summed E-state index contributed by atoms with van der Waals surface area (Å²) in [5.41, 5.74) is 0.816. The Labute approximate surface area is 150 Å². The highest BCUT2D eigenvalue weighted by molar-refractivity contribution is 9.10. The van der Waals surface area contributed by atoms with Crippen LogP contribution in [0, 0.1) is 11.8 Å². The van der Waals surface area contributed by atoms with E-state index in [0.29, 0.717) is 5.75 Å². The lowest BCUT2D eigenvalue weighted by Crippen LogP contribution is -2.21. The average molecular weight is 406 g/mol. The number of benzene rings is 2. The van der Waals surface area contributed by atoms with Gasteiger partial charge >= 0.3 is 0 Å². The van der Waals surface area contributed by atoms with Crippen molar-refractivity contribution in [2.24, 2.45) is 0 Å². The largest absolute Gasteiger partial charge is 0.481 e. The zero-order valence-corrected chi connectivity index (χ0v) is 15.2. The van der Waals surface area contributed by atoms with E-state index in [1.54, 1.807) is 0 Å². The zero-order chi connectivity index (χ0) is 17.3. The van der Waals surface area contributed by atoms with Crippen molar-refractivity contribution in [2.45, 2.75) is 0 Å². The first-order chi connectivity index (χ1) is 11.6. The van der Waals surface area contributed by atoms with E-state index >= 15 is 0 Å².